The van der Waals surface area contributed by atoms with Crippen molar-refractivity contribution in [2.75, 3.05) is 5.73 Å². The lowest BCUT2D eigenvalue weighted by atomic mass is 10.2. The Bertz CT molecular complexity index is 519. The quantitative estimate of drug-likeness (QED) is 0.764. The number of carbonyl (C=O) groups is 1. The second-order valence-electron chi connectivity index (χ2n) is 3.68. The number of thiazole rings is 1. The molecule has 0 aliphatic carbocycles. The maximum absolute atomic E-state index is 11.9. The lowest BCUT2D eigenvalue weighted by molar-refractivity contribution is 0.0935. The fraction of sp³-hybridized carbons (Fsp3) is 0.300. The van der Waals surface area contributed by atoms with E-state index in [4.69, 9.17) is 5.73 Å². The molecule has 1 unspecified atom stereocenters. The highest BCUT2D eigenvalue weighted by atomic mass is 32.1. The van der Waals surface area contributed by atoms with E-state index in [1.807, 2.05) is 12.3 Å². The molecule has 90 valence electrons. The van der Waals surface area contributed by atoms with Gasteiger partial charge in [0.05, 0.1) is 17.4 Å². The monoisotopic (exact) mass is 251 g/mol. The van der Waals surface area contributed by atoms with Gasteiger partial charge in [0.1, 0.15) is 5.01 Å². The van der Waals surface area contributed by atoms with Crippen molar-refractivity contribution in [3.8, 4) is 0 Å². The van der Waals surface area contributed by atoms with E-state index in [0.29, 0.717) is 11.4 Å². The largest absolute Gasteiger partial charge is 0.395 e. The molecule has 4 N–H and O–H groups in total. The molecule has 0 fully saturated rings. The van der Waals surface area contributed by atoms with Crippen molar-refractivity contribution in [2.45, 2.75) is 19.9 Å². The summed E-state index contributed by atoms with van der Waals surface area (Å²) >= 11 is 1.49. The number of H-pyrrole nitrogens is 1. The Hall–Kier alpha value is -1.89. The summed E-state index contributed by atoms with van der Waals surface area (Å²) in [4.78, 5) is 16.0. The smallest absolute Gasteiger partial charge is 0.274 e. The van der Waals surface area contributed by atoms with Crippen LogP contribution in [-0.2, 0) is 0 Å². The highest BCUT2D eigenvalue weighted by Crippen LogP contribution is 2.17. The van der Waals surface area contributed by atoms with Gasteiger partial charge in [-0.3, -0.25) is 9.89 Å². The van der Waals surface area contributed by atoms with E-state index in [0.717, 1.165) is 5.01 Å². The standard InChI is InChI=1S/C10H13N5OS/c1-5-7(11)8(15-14-5)9(16)13-6(2)10-12-3-4-17-10/h3-4,6H,11H2,1-2H3,(H,13,16)(H,14,15). The molecule has 0 saturated heterocycles. The Morgan fingerprint density at radius 2 is 2.41 bits per heavy atom. The molecule has 0 bridgehead atoms. The fourth-order valence-electron chi connectivity index (χ4n) is 1.39. The highest BCUT2D eigenvalue weighted by Gasteiger charge is 2.18. The van der Waals surface area contributed by atoms with Gasteiger partial charge in [-0.05, 0) is 13.8 Å². The Morgan fingerprint density at radius 1 is 1.65 bits per heavy atom. The molecular weight excluding hydrogens is 238 g/mol. The van der Waals surface area contributed by atoms with Crippen LogP contribution in [0.25, 0.3) is 0 Å². The van der Waals surface area contributed by atoms with E-state index < -0.39 is 0 Å². The van der Waals surface area contributed by atoms with Crippen molar-refractivity contribution in [2.24, 2.45) is 0 Å². The number of hydrogen-bond donors (Lipinski definition) is 3. The van der Waals surface area contributed by atoms with Gasteiger partial charge in [-0.25, -0.2) is 4.98 Å². The SMILES string of the molecule is Cc1[nH]nc(C(=O)NC(C)c2nccs2)c1N. The van der Waals surface area contributed by atoms with Crippen molar-refractivity contribution in [3.05, 3.63) is 28.0 Å². The predicted octanol–water partition coefficient (Wildman–Crippen LogP) is 1.25. The number of aromatic nitrogens is 3. The number of aryl methyl sites for hydroxylation is 1. The first kappa shape index (κ1) is 11.6. The Balaban J connectivity index is 2.10. The molecule has 0 saturated carbocycles. The normalized spacial score (nSPS) is 12.4. The third kappa shape index (κ3) is 2.28. The van der Waals surface area contributed by atoms with Crippen LogP contribution in [0.3, 0.4) is 0 Å². The summed E-state index contributed by atoms with van der Waals surface area (Å²) in [5, 5.41) is 12.1. The van der Waals surface area contributed by atoms with Gasteiger partial charge in [0.15, 0.2) is 5.69 Å². The van der Waals surface area contributed by atoms with Gasteiger partial charge in [-0.2, -0.15) is 5.10 Å². The number of aromatic amines is 1. The fourth-order valence-corrected chi connectivity index (χ4v) is 2.03. The Kier molecular flexibility index (Phi) is 3.10. The van der Waals surface area contributed by atoms with Crippen molar-refractivity contribution < 1.29 is 4.79 Å². The molecule has 0 aliphatic heterocycles. The molecule has 1 amide bonds. The minimum atomic E-state index is -0.297. The van der Waals surface area contributed by atoms with E-state index in [1.54, 1.807) is 13.1 Å². The predicted molar refractivity (Wildman–Crippen MR) is 65.7 cm³/mol. The number of nitrogens with two attached hydrogens (primary N) is 1. The maximum Gasteiger partial charge on any atom is 0.274 e. The first-order valence-electron chi connectivity index (χ1n) is 5.10. The molecule has 0 aromatic carbocycles. The Morgan fingerprint density at radius 3 is 2.94 bits per heavy atom. The lowest BCUT2D eigenvalue weighted by Gasteiger charge is -2.09. The van der Waals surface area contributed by atoms with Gasteiger partial charge in [0.2, 0.25) is 0 Å². The van der Waals surface area contributed by atoms with Crippen molar-refractivity contribution in [1.82, 2.24) is 20.5 Å². The van der Waals surface area contributed by atoms with Crippen molar-refractivity contribution in [1.29, 1.82) is 0 Å². The van der Waals surface area contributed by atoms with Crippen LogP contribution in [0.2, 0.25) is 0 Å². The van der Waals surface area contributed by atoms with Gasteiger partial charge in [0, 0.05) is 11.6 Å². The van der Waals surface area contributed by atoms with Crippen molar-refractivity contribution >= 4 is 22.9 Å². The summed E-state index contributed by atoms with van der Waals surface area (Å²) in [7, 11) is 0. The molecule has 2 aromatic heterocycles. The molecule has 6 nitrogen and oxygen atoms in total. The van der Waals surface area contributed by atoms with Crippen LogP contribution in [-0.4, -0.2) is 21.1 Å². The first-order chi connectivity index (χ1) is 8.09. The van der Waals surface area contributed by atoms with Gasteiger partial charge >= 0.3 is 0 Å². The number of hydrogen-bond acceptors (Lipinski definition) is 5. The molecule has 17 heavy (non-hydrogen) atoms. The Labute approximate surface area is 102 Å². The van der Waals surface area contributed by atoms with E-state index >= 15 is 0 Å². The number of anilines is 1. The second-order valence-corrected chi connectivity index (χ2v) is 4.60. The summed E-state index contributed by atoms with van der Waals surface area (Å²) in [5.74, 6) is -0.297. The number of rotatable bonds is 3. The zero-order valence-corrected chi connectivity index (χ0v) is 10.3. The van der Waals surface area contributed by atoms with Crippen LogP contribution in [0.5, 0.6) is 0 Å². The van der Waals surface area contributed by atoms with Crippen molar-refractivity contribution in [3.63, 3.8) is 0 Å². The van der Waals surface area contributed by atoms with E-state index in [-0.39, 0.29) is 17.6 Å². The summed E-state index contributed by atoms with van der Waals surface area (Å²) in [6, 6.07) is -0.154. The first-order valence-corrected chi connectivity index (χ1v) is 5.98. The summed E-state index contributed by atoms with van der Waals surface area (Å²) < 4.78 is 0. The summed E-state index contributed by atoms with van der Waals surface area (Å²) in [5.41, 5.74) is 7.03. The van der Waals surface area contributed by atoms with Crippen LogP contribution in [0, 0.1) is 6.92 Å². The number of carbonyl (C=O) groups excluding carboxylic acids is 1. The molecule has 7 heteroatoms. The summed E-state index contributed by atoms with van der Waals surface area (Å²) in [6.45, 7) is 3.63. The van der Waals surface area contributed by atoms with E-state index in [9.17, 15) is 4.79 Å². The van der Waals surface area contributed by atoms with Crippen LogP contribution >= 0.6 is 11.3 Å². The molecule has 2 rings (SSSR count). The van der Waals surface area contributed by atoms with Gasteiger partial charge in [-0.15, -0.1) is 11.3 Å². The molecule has 1 atom stereocenters. The summed E-state index contributed by atoms with van der Waals surface area (Å²) in [6.07, 6.45) is 1.70. The van der Waals surface area contributed by atoms with Crippen LogP contribution < -0.4 is 11.1 Å². The van der Waals surface area contributed by atoms with E-state index in [2.05, 4.69) is 20.5 Å². The van der Waals surface area contributed by atoms with Gasteiger partial charge < -0.3 is 11.1 Å². The minimum Gasteiger partial charge on any atom is -0.395 e. The number of nitrogens with zero attached hydrogens (tertiary/aromatic N) is 2. The highest BCUT2D eigenvalue weighted by molar-refractivity contribution is 7.09. The number of nitrogen functional groups attached to an aromatic ring is 1. The lowest BCUT2D eigenvalue weighted by Crippen LogP contribution is -2.27. The molecule has 0 radical (unpaired) electrons. The molecular formula is C10H13N5OS. The molecule has 0 aliphatic rings. The third-order valence-corrected chi connectivity index (χ3v) is 3.34. The zero-order valence-electron chi connectivity index (χ0n) is 9.52. The average Bonchev–Trinajstić information content (AvgIpc) is 2.90. The second kappa shape index (κ2) is 4.54. The molecule has 2 aromatic rings. The molecule has 2 heterocycles. The van der Waals surface area contributed by atoms with Gasteiger partial charge in [0.25, 0.3) is 5.91 Å². The zero-order chi connectivity index (χ0) is 12.4. The van der Waals surface area contributed by atoms with Crippen LogP contribution in [0.4, 0.5) is 5.69 Å². The topological polar surface area (TPSA) is 96.7 Å². The maximum atomic E-state index is 11.9. The van der Waals surface area contributed by atoms with Gasteiger partial charge in [-0.1, -0.05) is 0 Å². The van der Waals surface area contributed by atoms with Crippen LogP contribution in [0.1, 0.15) is 34.2 Å². The minimum absolute atomic E-state index is 0.154. The van der Waals surface area contributed by atoms with E-state index in [1.165, 1.54) is 11.3 Å². The number of nitrogens with one attached hydrogen (secondary N) is 2. The third-order valence-electron chi connectivity index (χ3n) is 2.38. The number of amides is 1. The average molecular weight is 251 g/mol. The van der Waals surface area contributed by atoms with Crippen LogP contribution in [0.15, 0.2) is 11.6 Å². The molecule has 0 spiro atoms.